The minimum atomic E-state index is -4.33. The molecule has 3 rings (SSSR count). The summed E-state index contributed by atoms with van der Waals surface area (Å²) in [5.41, 5.74) is 11.9. The minimum Gasteiger partial charge on any atom is -0.450 e. The van der Waals surface area contributed by atoms with Crippen molar-refractivity contribution in [3.05, 3.63) is 90.5 Å². The number of nitrogens with two attached hydrogens (primary N) is 2. The highest BCUT2D eigenvalue weighted by molar-refractivity contribution is 7.48. The number of halogens is 3. The van der Waals surface area contributed by atoms with Crippen molar-refractivity contribution < 1.29 is 31.8 Å². The van der Waals surface area contributed by atoms with Gasteiger partial charge >= 0.3 is 20.6 Å². The van der Waals surface area contributed by atoms with Crippen LogP contribution in [0.3, 0.4) is 0 Å². The van der Waals surface area contributed by atoms with Gasteiger partial charge in [0.15, 0.2) is 11.7 Å². The van der Waals surface area contributed by atoms with Crippen LogP contribution in [0.5, 0.6) is 11.5 Å². The lowest BCUT2D eigenvalue weighted by molar-refractivity contribution is -0.137. The maximum absolute atomic E-state index is 12.6. The smallest absolute Gasteiger partial charge is 0.408 e. The van der Waals surface area contributed by atoms with Crippen molar-refractivity contribution in [2.45, 2.75) is 24.8 Å². The van der Waals surface area contributed by atoms with E-state index in [0.717, 1.165) is 0 Å². The lowest BCUT2D eigenvalue weighted by Gasteiger charge is -2.27. The number of nitrogens with one attached hydrogen (secondary N) is 1. The summed E-state index contributed by atoms with van der Waals surface area (Å²) in [4.78, 5) is 16.6. The molecule has 0 heterocycles. The molecule has 8 nitrogen and oxygen atoms in total. The summed E-state index contributed by atoms with van der Waals surface area (Å²) in [6, 6.07) is 24.3. The lowest BCUT2D eigenvalue weighted by atomic mass is 10.2. The summed E-state index contributed by atoms with van der Waals surface area (Å²) in [6.45, 7) is -0.404. The van der Waals surface area contributed by atoms with Gasteiger partial charge in [0.25, 0.3) is 0 Å². The molecule has 0 aliphatic rings. The number of hydrogen-bond donors (Lipinski definition) is 3. The van der Waals surface area contributed by atoms with Crippen molar-refractivity contribution in [3.8, 4) is 11.5 Å². The van der Waals surface area contributed by atoms with Crippen molar-refractivity contribution >= 4 is 26.1 Å². The van der Waals surface area contributed by atoms with Crippen molar-refractivity contribution in [1.82, 2.24) is 5.32 Å². The third kappa shape index (κ3) is 9.89. The number of nitrogens with zero attached hydrogens (tertiary/aromatic N) is 1. The van der Waals surface area contributed by atoms with Gasteiger partial charge < -0.3 is 30.6 Å². The topological polar surface area (TPSA) is 121 Å². The van der Waals surface area contributed by atoms with Crippen LogP contribution in [0, 0.1) is 0 Å². The number of amides is 1. The molecule has 0 aromatic heterocycles. The predicted molar refractivity (Wildman–Crippen MR) is 135 cm³/mol. The molecule has 0 fully saturated rings. The highest BCUT2D eigenvalue weighted by atomic mass is 31.2. The molecule has 3 aromatic carbocycles. The highest BCUT2D eigenvalue weighted by Crippen LogP contribution is 2.51. The number of para-hydroxylation sites is 2. The van der Waals surface area contributed by atoms with Crippen LogP contribution in [-0.4, -0.2) is 24.8 Å². The van der Waals surface area contributed by atoms with Gasteiger partial charge in [-0.15, -0.1) is 0 Å². The number of carbonyl (C=O) groups is 1. The van der Waals surface area contributed by atoms with Crippen LogP contribution in [0.1, 0.15) is 24.2 Å². The largest absolute Gasteiger partial charge is 0.450 e. The van der Waals surface area contributed by atoms with E-state index in [1.165, 1.54) is 0 Å². The molecule has 12 heteroatoms. The number of aliphatic imine (C=N–C) groups is 1. The summed E-state index contributed by atoms with van der Waals surface area (Å²) in [5.74, 6) is -0.00950. The Morgan fingerprint density at radius 2 is 1.43 bits per heavy atom. The maximum atomic E-state index is 12.6. The Hall–Kier alpha value is -3.98. The van der Waals surface area contributed by atoms with Crippen LogP contribution in [-0.2, 0) is 4.74 Å². The molecule has 0 aliphatic carbocycles. The van der Waals surface area contributed by atoms with Gasteiger partial charge in [0.05, 0.1) is 12.3 Å². The molecule has 0 aliphatic heterocycles. The molecule has 1 amide bonds. The molecule has 0 saturated heterocycles. The molecule has 0 spiro atoms. The molecule has 196 valence electrons. The average Bonchev–Trinajstić information content (AvgIpc) is 2.86. The summed E-state index contributed by atoms with van der Waals surface area (Å²) >= 11 is 0. The van der Waals surface area contributed by atoms with Crippen LogP contribution in [0.4, 0.5) is 23.7 Å². The Balaban J connectivity index is 1.87. The summed E-state index contributed by atoms with van der Waals surface area (Å²) in [7, 11) is -1.93. The zero-order chi connectivity index (χ0) is 26.7. The highest BCUT2D eigenvalue weighted by Gasteiger charge is 2.32. The minimum absolute atomic E-state index is 0.119. The zero-order valence-corrected chi connectivity index (χ0v) is 20.5. The van der Waals surface area contributed by atoms with E-state index >= 15 is 0 Å². The predicted octanol–water partition coefficient (Wildman–Crippen LogP) is 6.13. The molecular formula is C25H26F3N4O4P. The first-order valence-corrected chi connectivity index (χ1v) is 12.4. The van der Waals surface area contributed by atoms with Crippen molar-refractivity contribution in [2.75, 3.05) is 6.61 Å². The Morgan fingerprint density at radius 1 is 0.892 bits per heavy atom. The van der Waals surface area contributed by atoms with Crippen molar-refractivity contribution in [3.63, 3.8) is 0 Å². The van der Waals surface area contributed by atoms with E-state index in [2.05, 4.69) is 10.3 Å². The second-order valence-corrected chi connectivity index (χ2v) is 9.08. The van der Waals surface area contributed by atoms with Crippen molar-refractivity contribution in [1.29, 1.82) is 0 Å². The summed E-state index contributed by atoms with van der Waals surface area (Å²) in [5, 5.41) is 2.68. The van der Waals surface area contributed by atoms with E-state index in [9.17, 15) is 18.0 Å². The third-order valence-electron chi connectivity index (χ3n) is 4.65. The number of alkyl halides is 3. The fourth-order valence-electron chi connectivity index (χ4n) is 3.02. The van der Waals surface area contributed by atoms with Gasteiger partial charge in [0.2, 0.25) is 0 Å². The van der Waals surface area contributed by atoms with Gasteiger partial charge in [-0.05, 0) is 48.4 Å². The number of carbonyl (C=O) groups excluding carboxylic acids is 1. The molecule has 5 N–H and O–H groups in total. The molecular weight excluding hydrogens is 508 g/mol. The van der Waals surface area contributed by atoms with Crippen LogP contribution < -0.4 is 25.8 Å². The molecule has 1 atom stereocenters. The standard InChI is InChI=1S/C25H26F3N4O4P/c26-25(27,28)16-7-17-34-24(33)32-22(18-12-14-19(15-13-18)31-23(29)30)37(35-20-8-3-1-4-9-20)36-21-10-5-2-6-11-21/h1-6,8-15,22H,7,16-17H2,(H,32,33)(H4,29,30,31). The van der Waals surface area contributed by atoms with Crippen molar-refractivity contribution in [2.24, 2.45) is 16.5 Å². The Kier molecular flexibility index (Phi) is 9.97. The first-order chi connectivity index (χ1) is 17.7. The fraction of sp³-hybridized carbons (Fsp3) is 0.200. The van der Waals surface area contributed by atoms with Gasteiger partial charge in [-0.1, -0.05) is 48.5 Å². The van der Waals surface area contributed by atoms with Crippen LogP contribution in [0.15, 0.2) is 89.9 Å². The number of ether oxygens (including phenoxy) is 1. The second kappa shape index (κ2) is 13.4. The van der Waals surface area contributed by atoms with Gasteiger partial charge in [0.1, 0.15) is 11.5 Å². The second-order valence-electron chi connectivity index (χ2n) is 7.62. The fourth-order valence-corrected chi connectivity index (χ4v) is 4.56. The molecule has 1 unspecified atom stereocenters. The van der Waals surface area contributed by atoms with E-state index in [1.807, 2.05) is 12.1 Å². The van der Waals surface area contributed by atoms with E-state index in [1.54, 1.807) is 72.8 Å². The molecule has 0 radical (unpaired) electrons. The first kappa shape index (κ1) is 27.6. The first-order valence-electron chi connectivity index (χ1n) is 11.1. The van der Waals surface area contributed by atoms with E-state index in [0.29, 0.717) is 22.7 Å². The zero-order valence-electron chi connectivity index (χ0n) is 19.6. The van der Waals surface area contributed by atoms with E-state index in [-0.39, 0.29) is 12.4 Å². The normalized spacial score (nSPS) is 11.9. The quantitative estimate of drug-likeness (QED) is 0.118. The van der Waals surface area contributed by atoms with Crippen LogP contribution >= 0.6 is 8.38 Å². The molecule has 0 saturated carbocycles. The number of benzene rings is 3. The monoisotopic (exact) mass is 534 g/mol. The molecule has 0 bridgehead atoms. The molecule has 37 heavy (non-hydrogen) atoms. The van der Waals surface area contributed by atoms with E-state index in [4.69, 9.17) is 25.3 Å². The van der Waals surface area contributed by atoms with Crippen LogP contribution in [0.25, 0.3) is 0 Å². The number of guanidine groups is 1. The van der Waals surface area contributed by atoms with Gasteiger partial charge in [-0.2, -0.15) is 13.2 Å². The Labute approximate surface area is 213 Å². The third-order valence-corrected chi connectivity index (χ3v) is 6.28. The summed E-state index contributed by atoms with van der Waals surface area (Å²) < 4.78 is 54.6. The molecule has 3 aromatic rings. The van der Waals surface area contributed by atoms with Gasteiger partial charge in [-0.3, -0.25) is 0 Å². The van der Waals surface area contributed by atoms with Crippen LogP contribution in [0.2, 0.25) is 0 Å². The average molecular weight is 534 g/mol. The maximum Gasteiger partial charge on any atom is 0.408 e. The number of hydrogen-bond acceptors (Lipinski definition) is 5. The Morgan fingerprint density at radius 3 is 1.92 bits per heavy atom. The van der Waals surface area contributed by atoms with Gasteiger partial charge in [0, 0.05) is 6.42 Å². The van der Waals surface area contributed by atoms with E-state index < -0.39 is 39.5 Å². The lowest BCUT2D eigenvalue weighted by Crippen LogP contribution is -2.30. The number of rotatable bonds is 11. The van der Waals surface area contributed by atoms with Gasteiger partial charge in [-0.25, -0.2) is 9.79 Å². The Bertz CT molecular complexity index is 1100. The summed E-state index contributed by atoms with van der Waals surface area (Å²) in [6.07, 6.45) is -6.66. The SMILES string of the molecule is NC(N)=Nc1ccc(C(NC(=O)OCCCC(F)(F)F)P(Oc2ccccc2)Oc2ccccc2)cc1. The number of alkyl carbamates (subject to hydrolysis) is 1.